The molecule has 1 heterocycles. The maximum atomic E-state index is 11.5. The lowest BCUT2D eigenvalue weighted by Crippen LogP contribution is -2.28. The Bertz CT molecular complexity index is 409. The van der Waals surface area contributed by atoms with E-state index < -0.39 is 11.6 Å². The first-order valence-electron chi connectivity index (χ1n) is 5.61. The van der Waals surface area contributed by atoms with Gasteiger partial charge in [0.15, 0.2) is 5.69 Å². The SMILES string of the molecule is COCCc1c(C(=O)OC)nnn1CC(C)(C)O. The van der Waals surface area contributed by atoms with Crippen LogP contribution in [0.25, 0.3) is 0 Å². The van der Waals surface area contributed by atoms with E-state index in [0.717, 1.165) is 0 Å². The van der Waals surface area contributed by atoms with E-state index >= 15 is 0 Å². The molecular weight excluding hydrogens is 238 g/mol. The lowest BCUT2D eigenvalue weighted by Gasteiger charge is -2.18. The maximum absolute atomic E-state index is 11.5. The fourth-order valence-electron chi connectivity index (χ4n) is 1.53. The van der Waals surface area contributed by atoms with Gasteiger partial charge in [-0.05, 0) is 13.8 Å². The third-order valence-electron chi connectivity index (χ3n) is 2.30. The first-order valence-corrected chi connectivity index (χ1v) is 5.61. The average molecular weight is 257 g/mol. The number of esters is 1. The van der Waals surface area contributed by atoms with E-state index in [9.17, 15) is 9.90 Å². The van der Waals surface area contributed by atoms with E-state index in [4.69, 9.17) is 4.74 Å². The fraction of sp³-hybridized carbons (Fsp3) is 0.727. The molecule has 0 aliphatic heterocycles. The summed E-state index contributed by atoms with van der Waals surface area (Å²) < 4.78 is 11.1. The molecule has 102 valence electrons. The van der Waals surface area contributed by atoms with Crippen LogP contribution in [0.3, 0.4) is 0 Å². The van der Waals surface area contributed by atoms with Gasteiger partial charge in [-0.15, -0.1) is 5.10 Å². The van der Waals surface area contributed by atoms with Crippen LogP contribution in [0.2, 0.25) is 0 Å². The van der Waals surface area contributed by atoms with E-state index in [2.05, 4.69) is 15.0 Å². The van der Waals surface area contributed by atoms with Crippen molar-refractivity contribution in [3.05, 3.63) is 11.4 Å². The molecule has 0 aromatic carbocycles. The molecule has 0 radical (unpaired) electrons. The minimum atomic E-state index is -0.942. The fourth-order valence-corrected chi connectivity index (χ4v) is 1.53. The molecule has 1 aromatic heterocycles. The third-order valence-corrected chi connectivity index (χ3v) is 2.30. The van der Waals surface area contributed by atoms with Crippen LogP contribution in [0.15, 0.2) is 0 Å². The van der Waals surface area contributed by atoms with Gasteiger partial charge in [-0.1, -0.05) is 5.21 Å². The summed E-state index contributed by atoms with van der Waals surface area (Å²) in [6.07, 6.45) is 0.476. The Morgan fingerprint density at radius 3 is 2.61 bits per heavy atom. The standard InChI is InChI=1S/C11H19N3O4/c1-11(2,16)7-14-8(5-6-17-3)9(12-13-14)10(15)18-4/h16H,5-7H2,1-4H3. The molecule has 0 saturated carbocycles. The minimum Gasteiger partial charge on any atom is -0.464 e. The Morgan fingerprint density at radius 2 is 2.11 bits per heavy atom. The quantitative estimate of drug-likeness (QED) is 0.723. The summed E-state index contributed by atoms with van der Waals surface area (Å²) in [6, 6.07) is 0. The number of carbonyl (C=O) groups excluding carboxylic acids is 1. The van der Waals surface area contributed by atoms with Crippen molar-refractivity contribution in [3.63, 3.8) is 0 Å². The number of hydrogen-bond acceptors (Lipinski definition) is 6. The van der Waals surface area contributed by atoms with Crippen LogP contribution in [-0.2, 0) is 22.4 Å². The summed E-state index contributed by atoms with van der Waals surface area (Å²) in [7, 11) is 2.86. The van der Waals surface area contributed by atoms with Crippen LogP contribution in [0, 0.1) is 0 Å². The van der Waals surface area contributed by atoms with Crippen molar-refractivity contribution in [2.75, 3.05) is 20.8 Å². The first kappa shape index (κ1) is 14.6. The molecule has 7 nitrogen and oxygen atoms in total. The Balaban J connectivity index is 3.02. The van der Waals surface area contributed by atoms with Crippen molar-refractivity contribution in [2.45, 2.75) is 32.4 Å². The summed E-state index contributed by atoms with van der Waals surface area (Å²) in [5.41, 5.74) is -0.173. The lowest BCUT2D eigenvalue weighted by molar-refractivity contribution is 0.0548. The molecule has 0 aliphatic carbocycles. The van der Waals surface area contributed by atoms with Crippen molar-refractivity contribution >= 4 is 5.97 Å². The van der Waals surface area contributed by atoms with Gasteiger partial charge >= 0.3 is 5.97 Å². The van der Waals surface area contributed by atoms with Crippen LogP contribution >= 0.6 is 0 Å². The number of rotatable bonds is 6. The second-order valence-electron chi connectivity index (χ2n) is 4.59. The number of methoxy groups -OCH3 is 2. The highest BCUT2D eigenvalue weighted by Crippen LogP contribution is 2.12. The first-order chi connectivity index (χ1) is 8.39. The number of aliphatic hydroxyl groups is 1. The van der Waals surface area contributed by atoms with Gasteiger partial charge in [0.1, 0.15) is 0 Å². The molecule has 1 aromatic rings. The second-order valence-corrected chi connectivity index (χ2v) is 4.59. The van der Waals surface area contributed by atoms with Crippen molar-refractivity contribution < 1.29 is 19.4 Å². The van der Waals surface area contributed by atoms with E-state index in [1.807, 2.05) is 0 Å². The largest absolute Gasteiger partial charge is 0.464 e. The zero-order chi connectivity index (χ0) is 13.8. The lowest BCUT2D eigenvalue weighted by atomic mass is 10.1. The average Bonchev–Trinajstić information content (AvgIpc) is 2.66. The Morgan fingerprint density at radius 1 is 1.44 bits per heavy atom. The van der Waals surface area contributed by atoms with Gasteiger partial charge in [-0.3, -0.25) is 0 Å². The van der Waals surface area contributed by atoms with Gasteiger partial charge in [0.25, 0.3) is 0 Å². The zero-order valence-corrected chi connectivity index (χ0v) is 11.1. The van der Waals surface area contributed by atoms with Crippen LogP contribution in [0.1, 0.15) is 30.0 Å². The van der Waals surface area contributed by atoms with E-state index in [1.54, 1.807) is 21.0 Å². The van der Waals surface area contributed by atoms with Crippen molar-refractivity contribution in [3.8, 4) is 0 Å². The van der Waals surface area contributed by atoms with E-state index in [-0.39, 0.29) is 12.2 Å². The number of carbonyl (C=O) groups is 1. The second kappa shape index (κ2) is 5.92. The minimum absolute atomic E-state index is 0.166. The smallest absolute Gasteiger partial charge is 0.360 e. The Hall–Kier alpha value is -1.47. The normalized spacial score (nSPS) is 11.6. The predicted molar refractivity (Wildman–Crippen MR) is 63.2 cm³/mol. The molecule has 1 N–H and O–H groups in total. The molecule has 0 saturated heterocycles. The van der Waals surface area contributed by atoms with Gasteiger partial charge in [0.2, 0.25) is 0 Å². The summed E-state index contributed by atoms with van der Waals surface area (Å²) in [5.74, 6) is -0.539. The molecule has 7 heteroatoms. The van der Waals surface area contributed by atoms with Gasteiger partial charge in [-0.2, -0.15) is 0 Å². The maximum Gasteiger partial charge on any atom is 0.360 e. The Kier molecular flexibility index (Phi) is 4.80. The molecule has 0 spiro atoms. The topological polar surface area (TPSA) is 86.5 Å². The van der Waals surface area contributed by atoms with Gasteiger partial charge in [0, 0.05) is 13.5 Å². The monoisotopic (exact) mass is 257 g/mol. The molecule has 18 heavy (non-hydrogen) atoms. The Labute approximate surface area is 106 Å². The van der Waals surface area contributed by atoms with Gasteiger partial charge in [0.05, 0.1) is 31.6 Å². The third kappa shape index (κ3) is 3.78. The van der Waals surface area contributed by atoms with E-state index in [1.165, 1.54) is 11.8 Å². The molecule has 0 atom stereocenters. The molecule has 0 unspecified atom stereocenters. The van der Waals surface area contributed by atoms with Crippen molar-refractivity contribution in [2.24, 2.45) is 0 Å². The molecule has 0 bridgehead atoms. The van der Waals surface area contributed by atoms with Crippen molar-refractivity contribution in [1.82, 2.24) is 15.0 Å². The highest BCUT2D eigenvalue weighted by Gasteiger charge is 2.23. The van der Waals surface area contributed by atoms with Crippen LogP contribution in [-0.4, -0.2) is 52.5 Å². The summed E-state index contributed by atoms with van der Waals surface area (Å²) in [5, 5.41) is 17.5. The van der Waals surface area contributed by atoms with Crippen LogP contribution in [0.5, 0.6) is 0 Å². The number of aromatic nitrogens is 3. The van der Waals surface area contributed by atoms with Gasteiger partial charge in [-0.25, -0.2) is 9.48 Å². The summed E-state index contributed by atoms with van der Waals surface area (Å²) >= 11 is 0. The van der Waals surface area contributed by atoms with Crippen LogP contribution in [0.4, 0.5) is 0 Å². The molecule has 1 rings (SSSR count). The summed E-state index contributed by atoms with van der Waals surface area (Å²) in [6.45, 7) is 4.00. The highest BCUT2D eigenvalue weighted by molar-refractivity contribution is 5.88. The molecule has 0 fully saturated rings. The molecule has 0 amide bonds. The number of hydrogen-bond donors (Lipinski definition) is 1. The predicted octanol–water partition coefficient (Wildman–Crippen LogP) is 0.0245. The summed E-state index contributed by atoms with van der Waals surface area (Å²) in [4.78, 5) is 11.5. The van der Waals surface area contributed by atoms with Gasteiger partial charge < -0.3 is 14.6 Å². The zero-order valence-electron chi connectivity index (χ0n) is 11.1. The molecular formula is C11H19N3O4. The van der Waals surface area contributed by atoms with Crippen LogP contribution < -0.4 is 0 Å². The van der Waals surface area contributed by atoms with Crippen molar-refractivity contribution in [1.29, 1.82) is 0 Å². The highest BCUT2D eigenvalue weighted by atomic mass is 16.5. The number of nitrogens with zero attached hydrogens (tertiary/aromatic N) is 3. The molecule has 0 aliphatic rings. The number of ether oxygens (including phenoxy) is 2. The van der Waals surface area contributed by atoms with E-state index in [0.29, 0.717) is 18.7 Å².